The van der Waals surface area contributed by atoms with Crippen molar-refractivity contribution >= 4 is 21.7 Å². The van der Waals surface area contributed by atoms with Gasteiger partial charge in [-0.05, 0) is 23.6 Å². The number of hydrogen-bond donors (Lipinski definition) is 0. The van der Waals surface area contributed by atoms with Crippen molar-refractivity contribution in [1.29, 1.82) is 0 Å². The summed E-state index contributed by atoms with van der Waals surface area (Å²) in [6.07, 6.45) is 0. The van der Waals surface area contributed by atoms with E-state index in [1.165, 1.54) is 0 Å². The molecule has 1 aliphatic rings. The maximum absolute atomic E-state index is 5.56. The number of hydrogen-bond acceptors (Lipinski definition) is 3. The fraction of sp³-hybridized carbons (Fsp3) is 0.0500. The van der Waals surface area contributed by atoms with Gasteiger partial charge in [-0.3, -0.25) is 0 Å². The third-order valence-corrected chi connectivity index (χ3v) is 4.24. The first kappa shape index (κ1) is 12.5. The van der Waals surface area contributed by atoms with Gasteiger partial charge in [0.15, 0.2) is 11.5 Å². The molecule has 0 amide bonds. The molecule has 110 valence electrons. The predicted molar refractivity (Wildman–Crippen MR) is 90.8 cm³/mol. The summed E-state index contributed by atoms with van der Waals surface area (Å²) in [5.41, 5.74) is 3.05. The molecule has 1 aromatic heterocycles. The average molecular weight is 299 g/mol. The Kier molecular flexibility index (Phi) is 2.56. The maximum atomic E-state index is 5.56. The van der Waals surface area contributed by atoms with E-state index in [0.29, 0.717) is 0 Å². The fourth-order valence-electron chi connectivity index (χ4n) is 3.16. The summed E-state index contributed by atoms with van der Waals surface area (Å²) >= 11 is 0. The van der Waals surface area contributed by atoms with Crippen LogP contribution in [-0.4, -0.2) is 11.8 Å². The SMILES string of the molecule is c1ccc(-c2nc3ccccc3c3cc4c(cc23)OCO4)cc1. The molecule has 4 aromatic rings. The van der Waals surface area contributed by atoms with Gasteiger partial charge in [0.2, 0.25) is 6.79 Å². The van der Waals surface area contributed by atoms with Gasteiger partial charge < -0.3 is 9.47 Å². The molecule has 0 unspecified atom stereocenters. The Morgan fingerprint density at radius 3 is 2.22 bits per heavy atom. The number of aromatic nitrogens is 1. The number of fused-ring (bicyclic) bond motifs is 4. The molecular weight excluding hydrogens is 286 g/mol. The molecule has 0 atom stereocenters. The van der Waals surface area contributed by atoms with E-state index in [4.69, 9.17) is 14.5 Å². The highest BCUT2D eigenvalue weighted by atomic mass is 16.7. The van der Waals surface area contributed by atoms with Crippen LogP contribution in [-0.2, 0) is 0 Å². The normalized spacial score (nSPS) is 12.9. The van der Waals surface area contributed by atoms with Crippen LogP contribution in [0.25, 0.3) is 32.9 Å². The first-order valence-electron chi connectivity index (χ1n) is 7.58. The second-order valence-electron chi connectivity index (χ2n) is 5.59. The number of rotatable bonds is 1. The minimum absolute atomic E-state index is 0.275. The summed E-state index contributed by atoms with van der Waals surface area (Å²) in [4.78, 5) is 4.90. The van der Waals surface area contributed by atoms with Gasteiger partial charge in [0.1, 0.15) is 0 Å². The van der Waals surface area contributed by atoms with E-state index in [2.05, 4.69) is 24.3 Å². The van der Waals surface area contributed by atoms with E-state index in [9.17, 15) is 0 Å². The van der Waals surface area contributed by atoms with Gasteiger partial charge in [-0.15, -0.1) is 0 Å². The van der Waals surface area contributed by atoms with Gasteiger partial charge in [0, 0.05) is 16.3 Å². The molecule has 0 bridgehead atoms. The Morgan fingerprint density at radius 1 is 0.696 bits per heavy atom. The Morgan fingerprint density at radius 2 is 1.39 bits per heavy atom. The van der Waals surface area contributed by atoms with E-state index >= 15 is 0 Å². The fourth-order valence-corrected chi connectivity index (χ4v) is 3.16. The van der Waals surface area contributed by atoms with Gasteiger partial charge >= 0.3 is 0 Å². The Balaban J connectivity index is 1.96. The molecule has 1 aliphatic heterocycles. The number of ether oxygens (including phenoxy) is 2. The third kappa shape index (κ3) is 1.87. The predicted octanol–water partition coefficient (Wildman–Crippen LogP) is 4.78. The van der Waals surface area contributed by atoms with E-state index in [-0.39, 0.29) is 6.79 Å². The molecular formula is C20H13NO2. The van der Waals surface area contributed by atoms with Gasteiger partial charge in [-0.1, -0.05) is 48.5 Å². The van der Waals surface area contributed by atoms with Crippen LogP contribution in [0.15, 0.2) is 66.7 Å². The lowest BCUT2D eigenvalue weighted by molar-refractivity contribution is 0.174. The molecule has 0 spiro atoms. The van der Waals surface area contributed by atoms with Gasteiger partial charge in [0.05, 0.1) is 11.2 Å². The van der Waals surface area contributed by atoms with Crippen molar-refractivity contribution in [2.75, 3.05) is 6.79 Å². The quantitative estimate of drug-likeness (QED) is 0.474. The van der Waals surface area contributed by atoms with Crippen LogP contribution < -0.4 is 9.47 Å². The number of benzene rings is 3. The summed E-state index contributed by atoms with van der Waals surface area (Å²) < 4.78 is 11.1. The standard InChI is InChI=1S/C20H13NO2/c1-2-6-13(7-3-1)20-16-11-19-18(22-12-23-19)10-15(16)14-8-4-5-9-17(14)21-20/h1-11H,12H2. The zero-order valence-corrected chi connectivity index (χ0v) is 12.3. The molecule has 3 aromatic carbocycles. The molecule has 0 radical (unpaired) electrons. The van der Waals surface area contributed by atoms with E-state index in [0.717, 1.165) is 44.4 Å². The smallest absolute Gasteiger partial charge is 0.231 e. The summed E-state index contributed by atoms with van der Waals surface area (Å²) in [5.74, 6) is 1.58. The van der Waals surface area contributed by atoms with Crippen LogP contribution in [0.5, 0.6) is 11.5 Å². The molecule has 0 N–H and O–H groups in total. The van der Waals surface area contributed by atoms with E-state index in [1.807, 2.05) is 42.5 Å². The lowest BCUT2D eigenvalue weighted by Crippen LogP contribution is -1.92. The lowest BCUT2D eigenvalue weighted by Gasteiger charge is -2.11. The highest BCUT2D eigenvalue weighted by Crippen LogP contribution is 2.41. The van der Waals surface area contributed by atoms with Crippen LogP contribution in [0.1, 0.15) is 0 Å². The molecule has 0 fully saturated rings. The highest BCUT2D eigenvalue weighted by Gasteiger charge is 2.18. The minimum atomic E-state index is 0.275. The number of pyridine rings is 1. The zero-order chi connectivity index (χ0) is 15.2. The van der Waals surface area contributed by atoms with Crippen molar-refractivity contribution < 1.29 is 9.47 Å². The summed E-state index contributed by atoms with van der Waals surface area (Å²) in [6, 6.07) is 22.6. The molecule has 3 heteroatoms. The van der Waals surface area contributed by atoms with Crippen LogP contribution in [0, 0.1) is 0 Å². The van der Waals surface area contributed by atoms with Crippen LogP contribution in [0.4, 0.5) is 0 Å². The lowest BCUT2D eigenvalue weighted by atomic mass is 9.99. The summed E-state index contributed by atoms with van der Waals surface area (Å²) in [7, 11) is 0. The largest absolute Gasteiger partial charge is 0.454 e. The maximum Gasteiger partial charge on any atom is 0.231 e. The minimum Gasteiger partial charge on any atom is -0.454 e. The van der Waals surface area contributed by atoms with Crippen molar-refractivity contribution in [2.24, 2.45) is 0 Å². The summed E-state index contributed by atoms with van der Waals surface area (Å²) in [6.45, 7) is 0.275. The Hall–Kier alpha value is -3.07. The van der Waals surface area contributed by atoms with Crippen molar-refractivity contribution in [2.45, 2.75) is 0 Å². The first-order chi connectivity index (χ1) is 11.4. The van der Waals surface area contributed by atoms with Gasteiger partial charge in [-0.2, -0.15) is 0 Å². The van der Waals surface area contributed by atoms with Crippen molar-refractivity contribution in [1.82, 2.24) is 4.98 Å². The van der Waals surface area contributed by atoms with E-state index < -0.39 is 0 Å². The monoisotopic (exact) mass is 299 g/mol. The third-order valence-electron chi connectivity index (χ3n) is 4.24. The molecule has 0 saturated carbocycles. The zero-order valence-electron chi connectivity index (χ0n) is 12.3. The summed E-state index contributed by atoms with van der Waals surface area (Å²) in [5, 5.41) is 3.35. The van der Waals surface area contributed by atoms with E-state index in [1.54, 1.807) is 0 Å². The molecule has 23 heavy (non-hydrogen) atoms. The van der Waals surface area contributed by atoms with Gasteiger partial charge in [0.25, 0.3) is 0 Å². The van der Waals surface area contributed by atoms with Crippen LogP contribution >= 0.6 is 0 Å². The average Bonchev–Trinajstić information content (AvgIpc) is 3.07. The molecule has 5 rings (SSSR count). The van der Waals surface area contributed by atoms with Crippen molar-refractivity contribution in [3.63, 3.8) is 0 Å². The Labute approximate surface area is 133 Å². The van der Waals surface area contributed by atoms with Crippen LogP contribution in [0.3, 0.4) is 0 Å². The van der Waals surface area contributed by atoms with Crippen molar-refractivity contribution in [3.8, 4) is 22.8 Å². The van der Waals surface area contributed by atoms with Crippen molar-refractivity contribution in [3.05, 3.63) is 66.7 Å². The second-order valence-corrected chi connectivity index (χ2v) is 5.59. The molecule has 0 saturated heterocycles. The number of nitrogens with zero attached hydrogens (tertiary/aromatic N) is 1. The van der Waals surface area contributed by atoms with Gasteiger partial charge in [-0.25, -0.2) is 4.98 Å². The first-order valence-corrected chi connectivity index (χ1v) is 7.58. The molecule has 0 aliphatic carbocycles. The molecule has 3 nitrogen and oxygen atoms in total. The topological polar surface area (TPSA) is 31.4 Å². The second kappa shape index (κ2) is 4.71. The number of para-hydroxylation sites is 1. The van der Waals surface area contributed by atoms with Crippen LogP contribution in [0.2, 0.25) is 0 Å². The molecule has 2 heterocycles. The Bertz CT molecular complexity index is 1040. The highest BCUT2D eigenvalue weighted by molar-refractivity contribution is 6.11.